The number of aliphatic hydroxyl groups excluding tert-OH is 6. The van der Waals surface area contributed by atoms with Crippen molar-refractivity contribution in [2.75, 3.05) is 18.9 Å². The van der Waals surface area contributed by atoms with Crippen molar-refractivity contribution in [3.8, 4) is 0 Å². The number of carbonyl (C=O) groups is 2. The summed E-state index contributed by atoms with van der Waals surface area (Å²) in [6, 6.07) is -0.795. The Morgan fingerprint density at radius 1 is 1.29 bits per heavy atom. The van der Waals surface area contributed by atoms with Gasteiger partial charge in [0.2, 0.25) is 5.91 Å². The van der Waals surface area contributed by atoms with Gasteiger partial charge in [-0.3, -0.25) is 13.9 Å². The summed E-state index contributed by atoms with van der Waals surface area (Å²) in [5.74, 6) is -7.48. The Labute approximate surface area is 234 Å². The van der Waals surface area contributed by atoms with Crippen molar-refractivity contribution in [3.63, 3.8) is 0 Å². The number of hydrogen-bond donors (Lipinski definition) is 10. The lowest BCUT2D eigenvalue weighted by molar-refractivity contribution is -0.314. The largest absolute Gasteiger partial charge is 0.477 e. The lowest BCUT2D eigenvalue weighted by Gasteiger charge is -2.48. The van der Waals surface area contributed by atoms with E-state index in [1.54, 1.807) is 0 Å². The van der Waals surface area contributed by atoms with Crippen LogP contribution in [-0.2, 0) is 32.7 Å². The number of alkyl halides is 1. The second-order valence-corrected chi connectivity index (χ2v) is 10.7. The fourth-order valence-electron chi connectivity index (χ4n) is 4.31. The van der Waals surface area contributed by atoms with E-state index >= 15 is 4.39 Å². The van der Waals surface area contributed by atoms with E-state index in [1.807, 2.05) is 5.32 Å². The molecule has 42 heavy (non-hydrogen) atoms. The van der Waals surface area contributed by atoms with Crippen molar-refractivity contribution >= 4 is 25.5 Å². The highest BCUT2D eigenvalue weighted by atomic mass is 31.2. The van der Waals surface area contributed by atoms with Gasteiger partial charge in [-0.05, 0) is 6.07 Å². The molecule has 1 amide bonds. The number of carboxylic acids is 1. The molecule has 0 saturated carbocycles. The summed E-state index contributed by atoms with van der Waals surface area (Å²) in [4.78, 5) is 49.5. The maximum Gasteiger partial charge on any atom is 0.475 e. The van der Waals surface area contributed by atoms with Crippen molar-refractivity contribution in [1.29, 1.82) is 0 Å². The summed E-state index contributed by atoms with van der Waals surface area (Å²) in [6.45, 7) is -1.39. The molecule has 11 N–H and O–H groups in total. The van der Waals surface area contributed by atoms with Crippen molar-refractivity contribution in [2.45, 2.75) is 73.9 Å². The Morgan fingerprint density at radius 3 is 2.48 bits per heavy atom. The van der Waals surface area contributed by atoms with Crippen molar-refractivity contribution in [2.24, 2.45) is 0 Å². The molecule has 22 heteroatoms. The molecule has 0 bridgehead atoms. The number of anilines is 1. The summed E-state index contributed by atoms with van der Waals surface area (Å²) >= 11 is 0. The van der Waals surface area contributed by atoms with Gasteiger partial charge in [0, 0.05) is 13.1 Å². The minimum Gasteiger partial charge on any atom is -0.477 e. The number of ether oxygens (including phenoxy) is 2. The number of carboxylic acid groups (broad SMARTS) is 1. The van der Waals surface area contributed by atoms with Gasteiger partial charge in [-0.15, -0.1) is 0 Å². The molecule has 2 aliphatic heterocycles. The molecule has 20 nitrogen and oxygen atoms in total. The number of aromatic nitrogens is 2. The number of aliphatic carboxylic acids is 1. The van der Waals surface area contributed by atoms with Crippen LogP contribution in [0.25, 0.3) is 0 Å². The quantitative estimate of drug-likeness (QED) is 0.102. The Bertz CT molecular complexity index is 1260. The molecular weight excluding hydrogens is 602 g/mol. The van der Waals surface area contributed by atoms with Crippen LogP contribution in [0.5, 0.6) is 0 Å². The first-order valence-electron chi connectivity index (χ1n) is 12.0. The highest BCUT2D eigenvalue weighted by molar-refractivity contribution is 7.47. The zero-order valence-corrected chi connectivity index (χ0v) is 22.4. The predicted molar refractivity (Wildman–Crippen MR) is 129 cm³/mol. The molecular formula is C20H30FN4O16P. The standard InChI is InChI=1S/C20H30FN4O16P/c1-6(27)23-10-13(31)16(21)20(18(33)34,40-15(10)11(29)7(28)4-26)41-42(36,37)38-5-8-12(30)14(32)17(39-8)25-3-2-9(22)24-19(25)35/h2-3,7-8,10-17,26,28-32H,4-5H2,1H3,(H,23,27)(H,33,34)(H,36,37)(H2,22,24,35)/t7-,8-,10-,11-,12-,13-,14-,15-,16+,17-,20+/m1/s1. The number of carbonyl (C=O) groups excluding carboxylic acids is 1. The van der Waals surface area contributed by atoms with Crippen LogP contribution in [0.4, 0.5) is 10.2 Å². The molecule has 1 aromatic heterocycles. The normalized spacial score (nSPS) is 36.1. The van der Waals surface area contributed by atoms with Gasteiger partial charge in [-0.25, -0.2) is 23.1 Å². The molecule has 2 aliphatic rings. The van der Waals surface area contributed by atoms with Crippen LogP contribution in [0.2, 0.25) is 0 Å². The summed E-state index contributed by atoms with van der Waals surface area (Å²) in [5, 5.41) is 72.2. The molecule has 238 valence electrons. The smallest absolute Gasteiger partial charge is 0.475 e. The van der Waals surface area contributed by atoms with E-state index in [4.69, 9.17) is 20.3 Å². The highest BCUT2D eigenvalue weighted by Crippen LogP contribution is 2.52. The van der Waals surface area contributed by atoms with Gasteiger partial charge in [-0.1, -0.05) is 0 Å². The van der Waals surface area contributed by atoms with Gasteiger partial charge in [0.1, 0.15) is 48.5 Å². The Kier molecular flexibility index (Phi) is 10.4. The van der Waals surface area contributed by atoms with E-state index in [0.29, 0.717) is 0 Å². The van der Waals surface area contributed by atoms with Crippen LogP contribution >= 0.6 is 7.82 Å². The number of amides is 1. The first kappa shape index (κ1) is 33.8. The summed E-state index contributed by atoms with van der Waals surface area (Å²) in [7, 11) is -5.79. The van der Waals surface area contributed by atoms with Crippen LogP contribution in [0.3, 0.4) is 0 Å². The third-order valence-electron chi connectivity index (χ3n) is 6.40. The monoisotopic (exact) mass is 632 g/mol. The van der Waals surface area contributed by atoms with E-state index in [-0.39, 0.29) is 5.82 Å². The Morgan fingerprint density at radius 2 is 1.93 bits per heavy atom. The van der Waals surface area contributed by atoms with E-state index < -0.39 is 106 Å². The SMILES string of the molecule is CC(=O)N[C@@H]1[C@@H](O)[C@H](F)[C@](OP(=O)(O)OC[C@H]2O[C@@H](n3ccc(N)nc3=O)[C@H](O)[C@@H]2O)(C(=O)O)O[C@H]1[C@H](O)[C@H](O)CO. The molecule has 3 rings (SSSR count). The van der Waals surface area contributed by atoms with E-state index in [9.17, 15) is 54.5 Å². The van der Waals surface area contributed by atoms with Crippen LogP contribution in [0.15, 0.2) is 17.1 Å². The molecule has 1 unspecified atom stereocenters. The Hall–Kier alpha value is -2.66. The second kappa shape index (κ2) is 12.9. The van der Waals surface area contributed by atoms with Crippen molar-refractivity contribution in [1.82, 2.24) is 14.9 Å². The zero-order valence-electron chi connectivity index (χ0n) is 21.5. The zero-order chi connectivity index (χ0) is 31.7. The van der Waals surface area contributed by atoms with Gasteiger partial charge in [0.15, 0.2) is 12.4 Å². The first-order chi connectivity index (χ1) is 19.5. The molecule has 1 aromatic rings. The van der Waals surface area contributed by atoms with E-state index in [1.165, 1.54) is 6.07 Å². The van der Waals surface area contributed by atoms with Crippen molar-refractivity contribution in [3.05, 3.63) is 22.7 Å². The molecule has 0 aliphatic carbocycles. The number of nitrogens with two attached hydrogens (primary N) is 1. The lowest BCUT2D eigenvalue weighted by Crippen LogP contribution is -2.73. The molecule has 12 atom stereocenters. The molecule has 0 spiro atoms. The predicted octanol–water partition coefficient (Wildman–Crippen LogP) is -5.32. The average Bonchev–Trinajstić information content (AvgIpc) is 3.19. The first-order valence-corrected chi connectivity index (χ1v) is 13.5. The van der Waals surface area contributed by atoms with Gasteiger partial charge in [-0.2, -0.15) is 4.98 Å². The van der Waals surface area contributed by atoms with Crippen LogP contribution in [0, 0.1) is 0 Å². The maximum absolute atomic E-state index is 15.4. The number of phosphoric ester groups is 1. The van der Waals surface area contributed by atoms with E-state index in [2.05, 4.69) is 14.0 Å². The molecule has 0 aromatic carbocycles. The number of halogens is 1. The van der Waals surface area contributed by atoms with Crippen LogP contribution < -0.4 is 16.7 Å². The third kappa shape index (κ3) is 6.77. The number of nitrogen functional groups attached to an aromatic ring is 1. The summed E-state index contributed by atoms with van der Waals surface area (Å²) < 4.78 is 48.4. The minimum absolute atomic E-state index is 0.167. The summed E-state index contributed by atoms with van der Waals surface area (Å²) in [6.07, 6.45) is -18.4. The lowest BCUT2D eigenvalue weighted by atomic mass is 9.87. The molecule has 0 radical (unpaired) electrons. The van der Waals surface area contributed by atoms with Crippen LogP contribution in [0.1, 0.15) is 13.2 Å². The van der Waals surface area contributed by atoms with Gasteiger partial charge in [0.25, 0.3) is 0 Å². The second-order valence-electron chi connectivity index (χ2n) is 9.36. The Balaban J connectivity index is 1.83. The van der Waals surface area contributed by atoms with Gasteiger partial charge in [0.05, 0.1) is 19.3 Å². The maximum atomic E-state index is 15.4. The molecule has 3 heterocycles. The highest BCUT2D eigenvalue weighted by Gasteiger charge is 2.65. The van der Waals surface area contributed by atoms with E-state index in [0.717, 1.165) is 17.7 Å². The number of rotatable bonds is 11. The fourth-order valence-corrected chi connectivity index (χ4v) is 5.27. The minimum atomic E-state index is -5.79. The number of nitrogens with one attached hydrogen (secondary N) is 1. The molecule has 2 saturated heterocycles. The van der Waals surface area contributed by atoms with Crippen molar-refractivity contribution < 1.29 is 77.7 Å². The topological polar surface area (TPSA) is 323 Å². The number of phosphoric acid groups is 1. The van der Waals surface area contributed by atoms with Gasteiger partial charge >= 0.3 is 25.3 Å². The number of hydrogen-bond acceptors (Lipinski definition) is 16. The fraction of sp³-hybridized carbons (Fsp3) is 0.700. The van der Waals surface area contributed by atoms with Gasteiger partial charge < -0.3 is 61.2 Å². The number of aliphatic hydroxyl groups is 6. The average molecular weight is 632 g/mol. The summed E-state index contributed by atoms with van der Waals surface area (Å²) in [5.41, 5.74) is 4.40. The third-order valence-corrected chi connectivity index (χ3v) is 7.37. The molecule has 2 fully saturated rings. The number of nitrogens with zero attached hydrogens (tertiary/aromatic N) is 2. The van der Waals surface area contributed by atoms with Crippen LogP contribution in [-0.4, -0.2) is 136 Å².